The summed E-state index contributed by atoms with van der Waals surface area (Å²) in [5.74, 6) is -2.13. The molecule has 16 heteroatoms. The highest BCUT2D eigenvalue weighted by Gasteiger charge is 2.19. The molecule has 0 bridgehead atoms. The number of carbonyl (C=O) groups is 5. The number of para-hydroxylation sites is 1. The molecule has 0 aliphatic rings. The van der Waals surface area contributed by atoms with Gasteiger partial charge in [0.1, 0.15) is 42.7 Å². The minimum Gasteiger partial charge on any atom is -0.490 e. The van der Waals surface area contributed by atoms with E-state index < -0.39 is 36.0 Å². The number of aromatic nitrogens is 1. The maximum atomic E-state index is 13.4. The monoisotopic (exact) mass is 863 g/mol. The number of hydrazone groups is 1. The summed E-state index contributed by atoms with van der Waals surface area (Å²) in [5.41, 5.74) is 5.22. The van der Waals surface area contributed by atoms with Gasteiger partial charge in [-0.15, -0.1) is 0 Å². The topological polar surface area (TPSA) is 187 Å². The van der Waals surface area contributed by atoms with Crippen LogP contribution in [-0.2, 0) is 39.8 Å². The standard InChI is InChI=1S/C46H45N3O12S/c1-6-40(50)55-25-23-42(52)59-36(29-58-41(51)7-2)28-57-34-17-13-32(14-18-34)44(54)60-38-21-12-30(22-24-56-43(53)31-15-19-35(20-16-31)61-46(3,4)5)26-33(38)27-47-49-45-48-37-10-8-9-11-39(37)62-45/h6-21,26-27,36H,1-2,22-25,28-29H2,3-5H3,(H,48,49)/b47-27+. The molecule has 1 heterocycles. The first kappa shape index (κ1) is 45.7. The highest BCUT2D eigenvalue weighted by molar-refractivity contribution is 7.22. The van der Waals surface area contributed by atoms with Gasteiger partial charge in [0, 0.05) is 24.1 Å². The summed E-state index contributed by atoms with van der Waals surface area (Å²) in [4.78, 5) is 65.9. The Bertz CT molecular complexity index is 2370. The van der Waals surface area contributed by atoms with E-state index in [-0.39, 0.29) is 49.8 Å². The number of benzene rings is 4. The van der Waals surface area contributed by atoms with Crippen LogP contribution in [0.2, 0.25) is 0 Å². The molecule has 5 aromatic rings. The molecule has 5 rings (SSSR count). The van der Waals surface area contributed by atoms with E-state index in [2.05, 4.69) is 28.7 Å². The van der Waals surface area contributed by atoms with E-state index in [0.717, 1.165) is 27.9 Å². The molecule has 1 aromatic heterocycles. The van der Waals surface area contributed by atoms with Crippen molar-refractivity contribution in [2.45, 2.75) is 45.3 Å². The second-order valence-corrected chi connectivity index (χ2v) is 15.2. The van der Waals surface area contributed by atoms with Gasteiger partial charge in [-0.2, -0.15) is 5.10 Å². The zero-order chi connectivity index (χ0) is 44.5. The lowest BCUT2D eigenvalue weighted by Gasteiger charge is -2.21. The molecule has 0 radical (unpaired) electrons. The smallest absolute Gasteiger partial charge is 0.343 e. The molecule has 4 aromatic carbocycles. The second-order valence-electron chi connectivity index (χ2n) is 14.1. The fourth-order valence-corrected chi connectivity index (χ4v) is 6.12. The highest BCUT2D eigenvalue weighted by atomic mass is 32.1. The fraction of sp³-hybridized carbons (Fsp3) is 0.239. The molecule has 0 aliphatic heterocycles. The van der Waals surface area contributed by atoms with Crippen LogP contribution in [0.15, 0.2) is 121 Å². The number of nitrogens with one attached hydrogen (secondary N) is 1. The molecule has 0 aliphatic carbocycles. The molecular weight excluding hydrogens is 819 g/mol. The third-order valence-corrected chi connectivity index (χ3v) is 9.13. The summed E-state index contributed by atoms with van der Waals surface area (Å²) in [6, 6.07) is 25.6. The summed E-state index contributed by atoms with van der Waals surface area (Å²) in [6.45, 7) is 11.8. The molecule has 322 valence electrons. The number of hydrogen-bond donors (Lipinski definition) is 1. The van der Waals surface area contributed by atoms with Crippen LogP contribution in [0.25, 0.3) is 10.2 Å². The zero-order valence-electron chi connectivity index (χ0n) is 34.3. The Morgan fingerprint density at radius 3 is 2.16 bits per heavy atom. The van der Waals surface area contributed by atoms with Gasteiger partial charge < -0.3 is 33.2 Å². The lowest BCUT2D eigenvalue weighted by molar-refractivity contribution is -0.160. The number of rotatable bonds is 21. The van der Waals surface area contributed by atoms with Crippen LogP contribution in [-0.4, -0.2) is 79.2 Å². The van der Waals surface area contributed by atoms with Crippen LogP contribution in [0.3, 0.4) is 0 Å². The van der Waals surface area contributed by atoms with Gasteiger partial charge in [0.25, 0.3) is 0 Å². The molecule has 0 spiro atoms. The Hall–Kier alpha value is -7.33. The Labute approximate surface area is 361 Å². The van der Waals surface area contributed by atoms with Crippen LogP contribution in [0, 0.1) is 0 Å². The van der Waals surface area contributed by atoms with Crippen molar-refractivity contribution in [3.8, 4) is 17.2 Å². The van der Waals surface area contributed by atoms with Gasteiger partial charge in [-0.1, -0.05) is 42.7 Å². The number of ether oxygens (including phenoxy) is 7. The van der Waals surface area contributed by atoms with Crippen LogP contribution in [0.5, 0.6) is 17.2 Å². The predicted octanol–water partition coefficient (Wildman–Crippen LogP) is 7.68. The largest absolute Gasteiger partial charge is 0.490 e. The summed E-state index contributed by atoms with van der Waals surface area (Å²) in [7, 11) is 0. The lowest BCUT2D eigenvalue weighted by Crippen LogP contribution is -2.31. The minimum absolute atomic E-state index is 0.0868. The molecule has 0 saturated carbocycles. The van der Waals surface area contributed by atoms with Gasteiger partial charge in [0.05, 0.1) is 40.6 Å². The van der Waals surface area contributed by atoms with Crippen molar-refractivity contribution in [2.24, 2.45) is 5.10 Å². The number of nitrogens with zero attached hydrogens (tertiary/aromatic N) is 2. The number of thiazole rings is 1. The van der Waals surface area contributed by atoms with E-state index in [1.807, 2.05) is 45.0 Å². The Kier molecular flexibility index (Phi) is 16.5. The molecule has 0 amide bonds. The third-order valence-electron chi connectivity index (χ3n) is 8.19. The van der Waals surface area contributed by atoms with E-state index in [1.165, 1.54) is 41.8 Å². The van der Waals surface area contributed by atoms with E-state index in [1.54, 1.807) is 42.5 Å². The first-order chi connectivity index (χ1) is 29.8. The van der Waals surface area contributed by atoms with Crippen molar-refractivity contribution in [1.82, 2.24) is 4.98 Å². The highest BCUT2D eigenvalue weighted by Crippen LogP contribution is 2.26. The number of carbonyl (C=O) groups excluding carboxylic acids is 5. The Morgan fingerprint density at radius 1 is 0.790 bits per heavy atom. The van der Waals surface area contributed by atoms with Crippen LogP contribution in [0.4, 0.5) is 5.13 Å². The molecule has 0 fully saturated rings. The summed E-state index contributed by atoms with van der Waals surface area (Å²) in [5, 5.41) is 4.93. The quantitative estimate of drug-likeness (QED) is 0.0189. The summed E-state index contributed by atoms with van der Waals surface area (Å²) < 4.78 is 39.1. The van der Waals surface area contributed by atoms with Crippen molar-refractivity contribution in [3.63, 3.8) is 0 Å². The summed E-state index contributed by atoms with van der Waals surface area (Å²) in [6.07, 6.45) is 2.53. The third kappa shape index (κ3) is 14.7. The van der Waals surface area contributed by atoms with Crippen molar-refractivity contribution in [1.29, 1.82) is 0 Å². The average Bonchev–Trinajstić information content (AvgIpc) is 3.68. The van der Waals surface area contributed by atoms with Gasteiger partial charge in [0.15, 0.2) is 6.10 Å². The predicted molar refractivity (Wildman–Crippen MR) is 232 cm³/mol. The normalized spacial score (nSPS) is 11.5. The van der Waals surface area contributed by atoms with Gasteiger partial charge in [0.2, 0.25) is 5.13 Å². The van der Waals surface area contributed by atoms with Crippen molar-refractivity contribution >= 4 is 62.7 Å². The first-order valence-corrected chi connectivity index (χ1v) is 20.1. The minimum atomic E-state index is -1.02. The molecule has 0 saturated heterocycles. The zero-order valence-corrected chi connectivity index (χ0v) is 35.1. The summed E-state index contributed by atoms with van der Waals surface area (Å²) >= 11 is 1.43. The maximum Gasteiger partial charge on any atom is 0.343 e. The van der Waals surface area contributed by atoms with Gasteiger partial charge in [-0.25, -0.2) is 24.2 Å². The number of anilines is 1. The first-order valence-electron chi connectivity index (χ1n) is 19.2. The molecule has 1 atom stereocenters. The van der Waals surface area contributed by atoms with Crippen molar-refractivity contribution in [3.05, 3.63) is 139 Å². The Morgan fingerprint density at radius 2 is 1.47 bits per heavy atom. The van der Waals surface area contributed by atoms with Crippen LogP contribution >= 0.6 is 11.3 Å². The van der Waals surface area contributed by atoms with Crippen molar-refractivity contribution < 1.29 is 57.1 Å². The molecular formula is C46H45N3O12S. The number of fused-ring (bicyclic) bond motifs is 1. The van der Waals surface area contributed by atoms with E-state index in [4.69, 9.17) is 33.2 Å². The van der Waals surface area contributed by atoms with Crippen LogP contribution < -0.4 is 19.6 Å². The molecule has 1 N–H and O–H groups in total. The Balaban J connectivity index is 1.22. The van der Waals surface area contributed by atoms with Crippen LogP contribution in [0.1, 0.15) is 59.0 Å². The van der Waals surface area contributed by atoms with Gasteiger partial charge in [-0.3, -0.25) is 10.2 Å². The second kappa shape index (κ2) is 22.3. The molecule has 15 nitrogen and oxygen atoms in total. The van der Waals surface area contributed by atoms with E-state index in [0.29, 0.717) is 34.2 Å². The van der Waals surface area contributed by atoms with E-state index >= 15 is 0 Å². The van der Waals surface area contributed by atoms with E-state index in [9.17, 15) is 24.0 Å². The van der Waals surface area contributed by atoms with Gasteiger partial charge >= 0.3 is 29.8 Å². The maximum absolute atomic E-state index is 13.4. The molecule has 62 heavy (non-hydrogen) atoms. The average molecular weight is 864 g/mol. The SMILES string of the molecule is C=CC(=O)OCCC(=O)OC(COC(=O)C=C)COc1ccc(C(=O)Oc2ccc(CCOC(=O)c3ccc(OC(C)(C)C)cc3)cc2/C=N/Nc2nc3ccccc3s2)cc1. The fourth-order valence-electron chi connectivity index (χ4n) is 5.31. The van der Waals surface area contributed by atoms with Gasteiger partial charge in [-0.05, 0) is 99.1 Å². The van der Waals surface area contributed by atoms with Crippen molar-refractivity contribution in [2.75, 3.05) is 31.9 Å². The number of esters is 5. The molecule has 1 unspecified atom stereocenters. The number of hydrogen-bond acceptors (Lipinski definition) is 16. The lowest BCUT2D eigenvalue weighted by atomic mass is 10.1.